The van der Waals surface area contributed by atoms with Gasteiger partial charge in [0.2, 0.25) is 4.77 Å². The first-order chi connectivity index (χ1) is 3.80. The topological polar surface area (TPSA) is 30.7 Å². The molecule has 0 bridgehead atoms. The molecule has 1 radical (unpaired) electrons. The molecule has 0 fully saturated rings. The van der Waals surface area contributed by atoms with Gasteiger partial charge in [-0.25, -0.2) is 9.97 Å². The first-order valence-electron chi connectivity index (χ1n) is 2.06. The van der Waals surface area contributed by atoms with Crippen LogP contribution in [0.3, 0.4) is 0 Å². The van der Waals surface area contributed by atoms with Crippen LogP contribution in [0.1, 0.15) is 0 Å². The van der Waals surface area contributed by atoms with E-state index >= 15 is 0 Å². The van der Waals surface area contributed by atoms with Gasteiger partial charge in [0.15, 0.2) is 6.33 Å². The third-order valence-electron chi connectivity index (χ3n) is 0.721. The number of nitrogens with zero attached hydrogens (tertiary/aromatic N) is 3. The Morgan fingerprint density at radius 2 is 2.62 bits per heavy atom. The van der Waals surface area contributed by atoms with E-state index in [1.165, 1.54) is 6.33 Å². The van der Waals surface area contributed by atoms with Crippen molar-refractivity contribution < 1.29 is 0 Å². The number of hydrogen-bond donors (Lipinski definition) is 0. The minimum Gasteiger partial charge on any atom is -0.302 e. The molecule has 0 aliphatic heterocycles. The molecule has 0 aliphatic carbocycles. The Bertz CT molecular complexity index is 229. The molecule has 41 valence electrons. The largest absolute Gasteiger partial charge is 0.302 e. The first kappa shape index (κ1) is 5.37. The molecule has 1 aromatic heterocycles. The molecular weight excluding hydrogens is 122 g/mol. The van der Waals surface area contributed by atoms with Crippen molar-refractivity contribution in [1.82, 2.24) is 14.5 Å². The van der Waals surface area contributed by atoms with Crippen molar-refractivity contribution in [2.45, 2.75) is 0 Å². The van der Waals surface area contributed by atoms with Crippen LogP contribution in [0, 0.1) is 11.1 Å². The summed E-state index contributed by atoms with van der Waals surface area (Å²) in [6.45, 7) is 0. The van der Waals surface area contributed by atoms with E-state index in [4.69, 9.17) is 12.2 Å². The Morgan fingerprint density at radius 3 is 3.00 bits per heavy atom. The average Bonchev–Trinajstić information content (AvgIpc) is 1.77. The van der Waals surface area contributed by atoms with Gasteiger partial charge in [-0.15, -0.1) is 0 Å². The second-order valence-electron chi connectivity index (χ2n) is 1.32. The Hall–Kier alpha value is -0.770. The first-order valence-corrected chi connectivity index (χ1v) is 2.47. The van der Waals surface area contributed by atoms with E-state index in [0.717, 1.165) is 0 Å². The maximum Gasteiger partial charge on any atom is 0.202 e. The van der Waals surface area contributed by atoms with Crippen LogP contribution in [0.15, 0.2) is 6.33 Å². The van der Waals surface area contributed by atoms with E-state index in [9.17, 15) is 0 Å². The zero-order valence-corrected chi connectivity index (χ0v) is 5.14. The van der Waals surface area contributed by atoms with Crippen molar-refractivity contribution in [2.24, 2.45) is 7.05 Å². The van der Waals surface area contributed by atoms with Crippen LogP contribution in [0.2, 0.25) is 0 Å². The fourth-order valence-corrected chi connectivity index (χ4v) is 0.408. The van der Waals surface area contributed by atoms with Crippen LogP contribution in [-0.2, 0) is 7.05 Å². The average molecular weight is 126 g/mol. The molecule has 0 N–H and O–H groups in total. The molecule has 0 saturated carbocycles. The molecule has 1 aromatic rings. The van der Waals surface area contributed by atoms with Crippen molar-refractivity contribution in [3.05, 3.63) is 17.4 Å². The summed E-state index contributed by atoms with van der Waals surface area (Å²) >= 11 is 4.73. The molecule has 3 nitrogen and oxygen atoms in total. The number of rotatable bonds is 0. The van der Waals surface area contributed by atoms with Gasteiger partial charge in [0.1, 0.15) is 6.33 Å². The van der Waals surface area contributed by atoms with Gasteiger partial charge in [0.25, 0.3) is 0 Å². The zero-order valence-electron chi connectivity index (χ0n) is 4.33. The highest BCUT2D eigenvalue weighted by molar-refractivity contribution is 7.71. The highest BCUT2D eigenvalue weighted by Gasteiger charge is 1.79. The third-order valence-corrected chi connectivity index (χ3v) is 1.10. The lowest BCUT2D eigenvalue weighted by Crippen LogP contribution is -1.94. The van der Waals surface area contributed by atoms with Crippen molar-refractivity contribution in [1.29, 1.82) is 0 Å². The van der Waals surface area contributed by atoms with E-state index in [1.807, 2.05) is 0 Å². The number of aryl methyl sites for hydroxylation is 1. The Labute approximate surface area is 52.0 Å². The van der Waals surface area contributed by atoms with Crippen LogP contribution in [0.5, 0.6) is 0 Å². The number of aromatic nitrogens is 3. The van der Waals surface area contributed by atoms with Crippen molar-refractivity contribution in [3.63, 3.8) is 0 Å². The van der Waals surface area contributed by atoms with Gasteiger partial charge in [-0.2, -0.15) is 0 Å². The molecule has 1 heterocycles. The van der Waals surface area contributed by atoms with E-state index < -0.39 is 0 Å². The van der Waals surface area contributed by atoms with Gasteiger partial charge >= 0.3 is 0 Å². The molecule has 0 amide bonds. The Morgan fingerprint density at radius 1 is 1.88 bits per heavy atom. The highest BCUT2D eigenvalue weighted by Crippen LogP contribution is 1.76. The minimum absolute atomic E-state index is 0.500. The quantitative estimate of drug-likeness (QED) is 0.470. The van der Waals surface area contributed by atoms with E-state index in [-0.39, 0.29) is 0 Å². The monoisotopic (exact) mass is 126 g/mol. The molecule has 4 heteroatoms. The van der Waals surface area contributed by atoms with E-state index in [1.54, 1.807) is 11.6 Å². The van der Waals surface area contributed by atoms with Crippen molar-refractivity contribution in [3.8, 4) is 0 Å². The van der Waals surface area contributed by atoms with Crippen molar-refractivity contribution >= 4 is 12.2 Å². The van der Waals surface area contributed by atoms with Crippen LogP contribution in [0.4, 0.5) is 0 Å². The molecule has 0 unspecified atom stereocenters. The Balaban J connectivity index is 3.35. The van der Waals surface area contributed by atoms with Gasteiger partial charge < -0.3 is 4.57 Å². The lowest BCUT2D eigenvalue weighted by atomic mass is 11.0. The Kier molecular flexibility index (Phi) is 1.34. The fourth-order valence-electron chi connectivity index (χ4n) is 0.320. The highest BCUT2D eigenvalue weighted by atomic mass is 32.1. The summed E-state index contributed by atoms with van der Waals surface area (Å²) in [5, 5.41) is 0. The van der Waals surface area contributed by atoms with Crippen LogP contribution in [0.25, 0.3) is 0 Å². The summed E-state index contributed by atoms with van der Waals surface area (Å²) in [4.78, 5) is 7.32. The summed E-state index contributed by atoms with van der Waals surface area (Å²) in [5.41, 5.74) is 0. The molecule has 0 spiro atoms. The second-order valence-corrected chi connectivity index (χ2v) is 1.68. The maximum absolute atomic E-state index is 4.73. The van der Waals surface area contributed by atoms with Gasteiger partial charge in [0.05, 0.1) is 0 Å². The third kappa shape index (κ3) is 0.894. The molecule has 0 aliphatic rings. The SMILES string of the molecule is Cn1[c]ncnc1=S. The standard InChI is InChI=1S/C4H4N3S/c1-7-3-5-2-6-4(7)8/h2H,1H3. The molecule has 0 saturated heterocycles. The van der Waals surface area contributed by atoms with Crippen LogP contribution in [-0.4, -0.2) is 14.5 Å². The summed E-state index contributed by atoms with van der Waals surface area (Å²) in [7, 11) is 1.75. The summed E-state index contributed by atoms with van der Waals surface area (Å²) in [6.07, 6.45) is 3.98. The molecule has 0 aromatic carbocycles. The zero-order chi connectivity index (χ0) is 5.98. The van der Waals surface area contributed by atoms with Gasteiger partial charge in [0, 0.05) is 7.05 Å². The second kappa shape index (κ2) is 2.00. The lowest BCUT2D eigenvalue weighted by molar-refractivity contribution is 0.789. The van der Waals surface area contributed by atoms with Crippen LogP contribution >= 0.6 is 12.2 Å². The van der Waals surface area contributed by atoms with E-state index in [0.29, 0.717) is 4.77 Å². The van der Waals surface area contributed by atoms with E-state index in [2.05, 4.69) is 16.3 Å². The normalized spacial score (nSPS) is 9.12. The lowest BCUT2D eigenvalue weighted by Gasteiger charge is -1.88. The number of hydrogen-bond acceptors (Lipinski definition) is 3. The summed E-state index contributed by atoms with van der Waals surface area (Å²) in [5.74, 6) is 0. The molecule has 0 atom stereocenters. The smallest absolute Gasteiger partial charge is 0.202 e. The van der Waals surface area contributed by atoms with Crippen molar-refractivity contribution in [2.75, 3.05) is 0 Å². The minimum atomic E-state index is 0.500. The van der Waals surface area contributed by atoms with Gasteiger partial charge in [-0.3, -0.25) is 0 Å². The molecule has 1 rings (SSSR count). The van der Waals surface area contributed by atoms with Crippen LogP contribution < -0.4 is 0 Å². The molecule has 8 heavy (non-hydrogen) atoms. The molecular formula is C4H4N3S. The summed E-state index contributed by atoms with van der Waals surface area (Å²) in [6, 6.07) is 0. The fraction of sp³-hybridized carbons (Fsp3) is 0.250. The predicted octanol–water partition coefficient (Wildman–Crippen LogP) is 0.345. The maximum atomic E-state index is 4.73. The van der Waals surface area contributed by atoms with Gasteiger partial charge in [-0.1, -0.05) is 0 Å². The predicted molar refractivity (Wildman–Crippen MR) is 30.7 cm³/mol. The summed E-state index contributed by atoms with van der Waals surface area (Å²) < 4.78 is 2.05. The van der Waals surface area contributed by atoms with Gasteiger partial charge in [-0.05, 0) is 12.2 Å².